The van der Waals surface area contributed by atoms with Crippen molar-refractivity contribution in [1.82, 2.24) is 14.8 Å². The van der Waals surface area contributed by atoms with Gasteiger partial charge < -0.3 is 25.6 Å². The van der Waals surface area contributed by atoms with Gasteiger partial charge in [0.15, 0.2) is 5.54 Å². The molecule has 0 spiro atoms. The SMILES string of the molecule is CN1CC(=O)N(CC(N)(C(=O)O)C(=C=O)c2c[nH]c3ccccc23)CC1=O. The molecule has 4 N–H and O–H groups in total. The van der Waals surface area contributed by atoms with Gasteiger partial charge in [0.25, 0.3) is 0 Å². The van der Waals surface area contributed by atoms with Gasteiger partial charge in [-0.25, -0.2) is 9.59 Å². The van der Waals surface area contributed by atoms with E-state index in [4.69, 9.17) is 5.73 Å². The van der Waals surface area contributed by atoms with E-state index in [-0.39, 0.29) is 24.6 Å². The zero-order valence-corrected chi connectivity index (χ0v) is 14.6. The van der Waals surface area contributed by atoms with Crippen LogP contribution < -0.4 is 5.73 Å². The molecule has 3 rings (SSSR count). The van der Waals surface area contributed by atoms with Gasteiger partial charge >= 0.3 is 5.97 Å². The third kappa shape index (κ3) is 3.10. The molecule has 9 nitrogen and oxygen atoms in total. The molecule has 1 aromatic carbocycles. The van der Waals surface area contributed by atoms with Crippen LogP contribution in [0.5, 0.6) is 0 Å². The summed E-state index contributed by atoms with van der Waals surface area (Å²) in [6.45, 7) is -1.01. The van der Waals surface area contributed by atoms with Crippen molar-refractivity contribution >= 4 is 40.2 Å². The standard InChI is InChI=1S/C18H18N4O5/c1-21-7-16(25)22(8-15(21)24)10-18(19,17(26)27)13(9-23)12-6-20-14-5-3-2-4-11(12)14/h2-6,20H,7-8,10,19H2,1H3,(H,26,27). The van der Waals surface area contributed by atoms with Gasteiger partial charge in [0.2, 0.25) is 11.8 Å². The molecule has 1 unspecified atom stereocenters. The van der Waals surface area contributed by atoms with Crippen LogP contribution in [0.25, 0.3) is 16.5 Å². The third-order valence-electron chi connectivity index (χ3n) is 4.71. The number of rotatable bonds is 5. The quantitative estimate of drug-likeness (QED) is 0.605. The number of hydrogen-bond acceptors (Lipinski definition) is 5. The summed E-state index contributed by atoms with van der Waals surface area (Å²) in [5.41, 5.74) is 4.58. The number of carbonyl (C=O) groups excluding carboxylic acids is 3. The minimum absolute atomic E-state index is 0.179. The predicted molar refractivity (Wildman–Crippen MR) is 96.2 cm³/mol. The number of likely N-dealkylation sites (N-methyl/N-ethyl adjacent to an activating group) is 1. The van der Waals surface area contributed by atoms with Crippen LogP contribution in [0.2, 0.25) is 0 Å². The van der Waals surface area contributed by atoms with Crippen LogP contribution in [0, 0.1) is 0 Å². The Hall–Kier alpha value is -3.42. The molecule has 0 bridgehead atoms. The number of nitrogens with two attached hydrogens (primary N) is 1. The smallest absolute Gasteiger partial charge is 0.331 e. The molecule has 1 fully saturated rings. The van der Waals surface area contributed by atoms with Gasteiger partial charge in [0.1, 0.15) is 5.94 Å². The minimum Gasteiger partial charge on any atom is -0.480 e. The monoisotopic (exact) mass is 370 g/mol. The van der Waals surface area contributed by atoms with Crippen LogP contribution in [0.3, 0.4) is 0 Å². The number of fused-ring (bicyclic) bond motifs is 1. The molecule has 0 radical (unpaired) electrons. The average molecular weight is 370 g/mol. The van der Waals surface area contributed by atoms with E-state index in [1.165, 1.54) is 18.1 Å². The molecule has 140 valence electrons. The lowest BCUT2D eigenvalue weighted by Gasteiger charge is -2.36. The number of benzene rings is 1. The number of nitrogens with one attached hydrogen (secondary N) is 1. The highest BCUT2D eigenvalue weighted by Crippen LogP contribution is 2.31. The van der Waals surface area contributed by atoms with Crippen LogP contribution in [0.4, 0.5) is 0 Å². The second-order valence-electron chi connectivity index (χ2n) is 6.50. The second kappa shape index (κ2) is 6.71. The number of nitrogens with zero attached hydrogens (tertiary/aromatic N) is 2. The second-order valence-corrected chi connectivity index (χ2v) is 6.50. The lowest BCUT2D eigenvalue weighted by molar-refractivity contribution is -0.151. The Morgan fingerprint density at radius 3 is 2.67 bits per heavy atom. The summed E-state index contributed by atoms with van der Waals surface area (Å²) in [4.78, 5) is 53.1. The molecule has 1 aromatic heterocycles. The maximum absolute atomic E-state index is 12.2. The van der Waals surface area contributed by atoms with Crippen molar-refractivity contribution < 1.29 is 24.3 Å². The number of amides is 2. The summed E-state index contributed by atoms with van der Waals surface area (Å²) in [5, 5.41) is 10.4. The van der Waals surface area contributed by atoms with E-state index in [0.717, 1.165) is 4.90 Å². The van der Waals surface area contributed by atoms with Crippen LogP contribution in [0.1, 0.15) is 5.56 Å². The maximum Gasteiger partial charge on any atom is 0.331 e. The molecule has 2 amide bonds. The Bertz CT molecular complexity index is 991. The number of H-pyrrole nitrogens is 1. The number of carbonyl (C=O) groups is 3. The minimum atomic E-state index is -2.22. The number of aromatic nitrogens is 1. The highest BCUT2D eigenvalue weighted by atomic mass is 16.4. The summed E-state index contributed by atoms with van der Waals surface area (Å²) >= 11 is 0. The first-order chi connectivity index (χ1) is 12.8. The number of carboxylic acid groups (broad SMARTS) is 1. The van der Waals surface area contributed by atoms with Gasteiger partial charge in [-0.3, -0.25) is 9.59 Å². The number of aromatic amines is 1. The first-order valence-corrected chi connectivity index (χ1v) is 8.14. The van der Waals surface area contributed by atoms with Crippen molar-refractivity contribution in [2.45, 2.75) is 5.54 Å². The van der Waals surface area contributed by atoms with Gasteiger partial charge in [-0.1, -0.05) is 18.2 Å². The number of piperazine rings is 1. The molecule has 1 atom stereocenters. The molecule has 2 aromatic rings. The largest absolute Gasteiger partial charge is 0.480 e. The van der Waals surface area contributed by atoms with Crippen LogP contribution in [-0.2, 0) is 19.2 Å². The van der Waals surface area contributed by atoms with E-state index in [9.17, 15) is 24.3 Å². The van der Waals surface area contributed by atoms with Gasteiger partial charge in [-0.05, 0) is 6.07 Å². The summed E-state index contributed by atoms with van der Waals surface area (Å²) in [7, 11) is 1.48. The highest BCUT2D eigenvalue weighted by molar-refractivity contribution is 6.11. The third-order valence-corrected chi connectivity index (χ3v) is 4.71. The first kappa shape index (κ1) is 18.4. The summed E-state index contributed by atoms with van der Waals surface area (Å²) < 4.78 is 0. The molecule has 9 heteroatoms. The highest BCUT2D eigenvalue weighted by Gasteiger charge is 2.45. The van der Waals surface area contributed by atoms with Gasteiger partial charge in [0.05, 0.1) is 25.2 Å². The van der Waals surface area contributed by atoms with E-state index in [2.05, 4.69) is 4.98 Å². The van der Waals surface area contributed by atoms with E-state index < -0.39 is 24.0 Å². The first-order valence-electron chi connectivity index (χ1n) is 8.14. The molecule has 27 heavy (non-hydrogen) atoms. The van der Waals surface area contributed by atoms with Gasteiger partial charge in [0, 0.05) is 29.7 Å². The van der Waals surface area contributed by atoms with Crippen molar-refractivity contribution in [2.75, 3.05) is 26.7 Å². The molecule has 1 saturated heterocycles. The Labute approximate surface area is 154 Å². The van der Waals surface area contributed by atoms with Crippen LogP contribution >= 0.6 is 0 Å². The number of carboxylic acids is 1. The number of hydrogen-bond donors (Lipinski definition) is 3. The summed E-state index contributed by atoms with van der Waals surface area (Å²) in [6.07, 6.45) is 1.48. The number of aliphatic carboxylic acids is 1. The van der Waals surface area contributed by atoms with Crippen molar-refractivity contribution in [3.8, 4) is 0 Å². The van der Waals surface area contributed by atoms with Crippen molar-refractivity contribution in [1.29, 1.82) is 0 Å². The molecule has 1 aliphatic rings. The molecule has 0 aliphatic carbocycles. The molecule has 0 saturated carbocycles. The van der Waals surface area contributed by atoms with Gasteiger partial charge in [-0.2, -0.15) is 0 Å². The summed E-state index contributed by atoms with van der Waals surface area (Å²) in [5.74, 6) is -0.633. The molecule has 1 aliphatic heterocycles. The zero-order chi connectivity index (χ0) is 19.8. The van der Waals surface area contributed by atoms with Gasteiger partial charge in [-0.15, -0.1) is 0 Å². The van der Waals surface area contributed by atoms with E-state index in [1.54, 1.807) is 30.2 Å². The Kier molecular flexibility index (Phi) is 4.57. The van der Waals surface area contributed by atoms with E-state index in [1.807, 2.05) is 0 Å². The van der Waals surface area contributed by atoms with Crippen molar-refractivity contribution in [3.05, 3.63) is 36.0 Å². The fraction of sp³-hybridized carbons (Fsp3) is 0.278. The molecular formula is C18H18N4O5. The van der Waals surface area contributed by atoms with Crippen LogP contribution in [0.15, 0.2) is 30.5 Å². The molecular weight excluding hydrogens is 352 g/mol. The van der Waals surface area contributed by atoms with E-state index in [0.29, 0.717) is 16.5 Å². The van der Waals surface area contributed by atoms with Crippen LogP contribution in [-0.4, -0.2) is 75.8 Å². The summed E-state index contributed by atoms with van der Waals surface area (Å²) in [6, 6.07) is 7.01. The Balaban J connectivity index is 2.02. The number of para-hydroxylation sites is 1. The maximum atomic E-state index is 12.2. The Morgan fingerprint density at radius 2 is 2.00 bits per heavy atom. The molecule has 2 heterocycles. The lowest BCUT2D eigenvalue weighted by atomic mass is 9.85. The topological polar surface area (TPSA) is 137 Å². The predicted octanol–water partition coefficient (Wildman–Crippen LogP) is -0.534. The fourth-order valence-corrected chi connectivity index (χ4v) is 3.13. The lowest BCUT2D eigenvalue weighted by Crippen LogP contribution is -2.62. The zero-order valence-electron chi connectivity index (χ0n) is 14.6. The van der Waals surface area contributed by atoms with E-state index >= 15 is 0 Å². The van der Waals surface area contributed by atoms with Crippen molar-refractivity contribution in [2.24, 2.45) is 5.73 Å². The normalized spacial score (nSPS) is 17.0. The average Bonchev–Trinajstić information content (AvgIpc) is 3.04. The Morgan fingerprint density at radius 1 is 1.30 bits per heavy atom. The fourth-order valence-electron chi connectivity index (χ4n) is 3.13. The van der Waals surface area contributed by atoms with Crippen molar-refractivity contribution in [3.63, 3.8) is 0 Å².